The van der Waals surface area contributed by atoms with Crippen molar-refractivity contribution in [2.45, 2.75) is 42.7 Å². The van der Waals surface area contributed by atoms with Gasteiger partial charge in [0.1, 0.15) is 0 Å². The van der Waals surface area contributed by atoms with Crippen molar-refractivity contribution in [1.29, 1.82) is 0 Å². The molecule has 2 nitrogen and oxygen atoms in total. The number of pyridine rings is 2. The van der Waals surface area contributed by atoms with Crippen LogP contribution in [-0.4, -0.2) is 16.1 Å². The third kappa shape index (κ3) is 5.42. The van der Waals surface area contributed by atoms with Crippen LogP contribution in [0, 0.1) is 23.7 Å². The molecule has 0 N–H and O–H groups in total. The van der Waals surface area contributed by atoms with Crippen LogP contribution in [0.3, 0.4) is 0 Å². The number of aromatic nitrogens is 2. The molecule has 9 rings (SSSR count). The van der Waals surface area contributed by atoms with Gasteiger partial charge in [-0.25, -0.2) is 6.07 Å². The Kier molecular flexibility index (Phi) is 9.19. The van der Waals surface area contributed by atoms with E-state index in [4.69, 9.17) is 0 Å². The van der Waals surface area contributed by atoms with Crippen LogP contribution in [0.25, 0.3) is 11.1 Å². The van der Waals surface area contributed by atoms with Gasteiger partial charge in [0, 0.05) is 47.0 Å². The molecule has 0 spiro atoms. The van der Waals surface area contributed by atoms with E-state index >= 15 is 0 Å². The zero-order chi connectivity index (χ0) is 28.6. The first-order valence-corrected chi connectivity index (χ1v) is 16.9. The van der Waals surface area contributed by atoms with E-state index in [1.54, 1.807) is 5.56 Å². The molecule has 5 heteroatoms. The van der Waals surface area contributed by atoms with Crippen molar-refractivity contribution >= 4 is 18.5 Å². The molecular weight excluding hydrogens is 602 g/mol. The third-order valence-electron chi connectivity index (χ3n) is 10.6. The van der Waals surface area contributed by atoms with E-state index < -0.39 is 5.16 Å². The van der Waals surface area contributed by atoms with Crippen LogP contribution < -0.4 is 0 Å². The number of hydrogen-bond acceptors (Lipinski definition) is 2. The number of benzene rings is 1. The molecule has 2 heterocycles. The maximum absolute atomic E-state index is 4.58. The normalized spacial score (nSPS) is 25.4. The van der Waals surface area contributed by atoms with E-state index in [1.807, 2.05) is 55.1 Å². The first-order valence-electron chi connectivity index (χ1n) is 15.5. The molecule has 4 aliphatic rings. The molecule has 4 bridgehead atoms. The first kappa shape index (κ1) is 30.6. The van der Waals surface area contributed by atoms with Crippen molar-refractivity contribution in [3.05, 3.63) is 144 Å². The Balaban J connectivity index is 0.000000500. The van der Waals surface area contributed by atoms with Gasteiger partial charge < -0.3 is 30.3 Å². The summed E-state index contributed by atoms with van der Waals surface area (Å²) in [6.07, 6.45) is 16.0. The summed E-state index contributed by atoms with van der Waals surface area (Å²) in [6.45, 7) is 0. The van der Waals surface area contributed by atoms with Gasteiger partial charge >= 0.3 is 0 Å². The van der Waals surface area contributed by atoms with Gasteiger partial charge in [-0.05, 0) is 90.6 Å². The van der Waals surface area contributed by atoms with Gasteiger partial charge in [0.25, 0.3) is 0 Å². The van der Waals surface area contributed by atoms with Crippen LogP contribution in [0.15, 0.2) is 122 Å². The zero-order valence-corrected chi connectivity index (χ0v) is 27.9. The minimum Gasteiger partial charge on any atom is -0.748 e. The SMILES string of the molecule is PCC1([c-]2cc(-c3ccccc3)cc2C(P)(c2cccnc2)c2cccnc2)C2CC3CC(C2)CC1C3.[Fe].[cH-]1[cH-][cH-][cH-][cH-]1. The minimum atomic E-state index is -0.424. The largest absolute Gasteiger partial charge is 0.748 e. The van der Waals surface area contributed by atoms with Crippen molar-refractivity contribution < 1.29 is 17.1 Å². The predicted molar refractivity (Wildman–Crippen MR) is 181 cm³/mol. The molecule has 2 atom stereocenters. The molecule has 4 aliphatic carbocycles. The van der Waals surface area contributed by atoms with Gasteiger partial charge in [0.2, 0.25) is 0 Å². The fourth-order valence-corrected chi connectivity index (χ4v) is 10.4. The summed E-state index contributed by atoms with van der Waals surface area (Å²) in [4.78, 5) is 9.16. The molecule has 3 aromatic carbocycles. The Morgan fingerprint density at radius 1 is 0.744 bits per heavy atom. The quantitative estimate of drug-likeness (QED) is 0.105. The Bertz CT molecular complexity index is 1500. The topological polar surface area (TPSA) is 25.8 Å². The Hall–Kier alpha value is -2.40. The molecule has 4 fully saturated rings. The first-order chi connectivity index (χ1) is 20.6. The second kappa shape index (κ2) is 12.9. The van der Waals surface area contributed by atoms with Crippen molar-refractivity contribution in [2.75, 3.05) is 6.16 Å². The number of nitrogens with zero attached hydrogens (tertiary/aromatic N) is 2. The summed E-state index contributed by atoms with van der Waals surface area (Å²) in [6, 6.07) is 34.6. The molecule has 2 aromatic heterocycles. The van der Waals surface area contributed by atoms with Crippen molar-refractivity contribution in [2.24, 2.45) is 23.7 Å². The molecule has 0 saturated heterocycles. The molecule has 43 heavy (non-hydrogen) atoms. The predicted octanol–water partition coefficient (Wildman–Crippen LogP) is 9.00. The molecule has 4 saturated carbocycles. The van der Waals surface area contributed by atoms with Gasteiger partial charge in [-0.3, -0.25) is 9.97 Å². The summed E-state index contributed by atoms with van der Waals surface area (Å²) in [5, 5.41) is -0.424. The maximum atomic E-state index is 4.58. The molecule has 226 valence electrons. The van der Waals surface area contributed by atoms with Crippen LogP contribution >= 0.6 is 18.5 Å². The summed E-state index contributed by atoms with van der Waals surface area (Å²) in [5.41, 5.74) is 8.20. The van der Waals surface area contributed by atoms with E-state index in [0.717, 1.165) is 29.8 Å². The summed E-state index contributed by atoms with van der Waals surface area (Å²) >= 11 is 0. The van der Waals surface area contributed by atoms with Crippen molar-refractivity contribution in [3.63, 3.8) is 0 Å². The smallest absolute Gasteiger partial charge is 0.0397 e. The molecule has 2 unspecified atom stereocenters. The van der Waals surface area contributed by atoms with Gasteiger partial charge in [0.15, 0.2) is 0 Å². The average molecular weight is 643 g/mol. The molecule has 0 radical (unpaired) electrons. The van der Waals surface area contributed by atoms with Gasteiger partial charge in [-0.15, -0.1) is 29.6 Å². The Morgan fingerprint density at radius 2 is 1.28 bits per heavy atom. The fraction of sp³-hybridized carbons (Fsp3) is 0.316. The summed E-state index contributed by atoms with van der Waals surface area (Å²) in [7, 11) is 6.50. The van der Waals surface area contributed by atoms with E-state index in [9.17, 15) is 0 Å². The second-order valence-electron chi connectivity index (χ2n) is 12.7. The van der Waals surface area contributed by atoms with Crippen molar-refractivity contribution in [3.8, 4) is 11.1 Å². The zero-order valence-electron chi connectivity index (χ0n) is 24.5. The van der Waals surface area contributed by atoms with Crippen LogP contribution in [0.1, 0.15) is 54.4 Å². The minimum absolute atomic E-state index is 0. The Morgan fingerprint density at radius 3 is 1.74 bits per heavy atom. The Labute approximate surface area is 272 Å². The second-order valence-corrected chi connectivity index (χ2v) is 14.0. The van der Waals surface area contributed by atoms with E-state index in [2.05, 4.69) is 95.2 Å². The van der Waals surface area contributed by atoms with E-state index in [-0.39, 0.29) is 22.5 Å². The van der Waals surface area contributed by atoms with Gasteiger partial charge in [0.05, 0.1) is 0 Å². The molecule has 0 amide bonds. The van der Waals surface area contributed by atoms with Gasteiger partial charge in [-0.1, -0.05) is 48.0 Å². The molecule has 5 aromatic rings. The van der Waals surface area contributed by atoms with Crippen LogP contribution in [0.4, 0.5) is 0 Å². The van der Waals surface area contributed by atoms with Crippen LogP contribution in [0.5, 0.6) is 0 Å². The number of hydrogen-bond donors (Lipinski definition) is 0. The van der Waals surface area contributed by atoms with Crippen LogP contribution in [-0.2, 0) is 27.6 Å². The summed E-state index contributed by atoms with van der Waals surface area (Å²) in [5.74, 6) is 3.42. The summed E-state index contributed by atoms with van der Waals surface area (Å²) < 4.78 is 0. The van der Waals surface area contributed by atoms with E-state index in [0.29, 0.717) is 0 Å². The standard InChI is InChI=1S/C33H35N2P2.C5H5.Fe/c36-21-32(28-13-22-12-23(15-28)16-29(32)14-22)30-17-25(24-6-2-1-3-7-24)18-31(30)33(37,26-8-4-10-34-19-26)27-9-5-11-35-20-27;1-2-4-5-3-1;/h1-11,17-20,22-23,28-29H,12-16,21,36-37H2;1-5H;/q-1;-5;. The maximum Gasteiger partial charge on any atom is 0.0397 e. The van der Waals surface area contributed by atoms with Crippen molar-refractivity contribution in [1.82, 2.24) is 9.97 Å². The monoisotopic (exact) mass is 642 g/mol. The third-order valence-corrected chi connectivity index (χ3v) is 12.3. The fourth-order valence-electron chi connectivity index (χ4n) is 8.92. The molecular formula is C38H40FeN2P2-6. The van der Waals surface area contributed by atoms with E-state index in [1.165, 1.54) is 59.9 Å². The van der Waals surface area contributed by atoms with Crippen LogP contribution in [0.2, 0.25) is 0 Å². The molecule has 0 aliphatic heterocycles. The number of rotatable bonds is 6. The average Bonchev–Trinajstić information content (AvgIpc) is 3.77. The van der Waals surface area contributed by atoms with Gasteiger partial charge in [-0.2, -0.15) is 11.6 Å².